The van der Waals surface area contributed by atoms with Crippen molar-refractivity contribution in [1.82, 2.24) is 19.5 Å². The highest BCUT2D eigenvalue weighted by Crippen LogP contribution is 2.35. The first-order chi connectivity index (χ1) is 26.8. The van der Waals surface area contributed by atoms with Crippen molar-refractivity contribution in [1.29, 1.82) is 0 Å². The van der Waals surface area contributed by atoms with Crippen molar-refractivity contribution in [3.8, 4) is 28.7 Å². The van der Waals surface area contributed by atoms with Gasteiger partial charge in [-0.25, -0.2) is 4.98 Å². The number of hydrogen-bond donors (Lipinski definition) is 0. The first-order valence-electron chi connectivity index (χ1n) is 18.3. The third kappa shape index (κ3) is 5.25. The van der Waals surface area contributed by atoms with Gasteiger partial charge in [0.2, 0.25) is 5.95 Å². The second-order valence-corrected chi connectivity index (χ2v) is 17.5. The summed E-state index contributed by atoms with van der Waals surface area (Å²) in [4.78, 5) is 15.8. The highest BCUT2D eigenvalue weighted by atomic mass is 28.3. The maximum atomic E-state index is 5.35. The minimum atomic E-state index is -2.78. The topological polar surface area (TPSA) is 43.6 Å². The summed E-state index contributed by atoms with van der Waals surface area (Å²) in [5.41, 5.74) is 3.99. The molecule has 5 heteroatoms. The van der Waals surface area contributed by atoms with Gasteiger partial charge in [-0.05, 0) is 49.7 Å². The average molecular weight is 707 g/mol. The number of rotatable bonds is 7. The molecule has 2 aromatic heterocycles. The Kier molecular flexibility index (Phi) is 7.78. The van der Waals surface area contributed by atoms with Crippen molar-refractivity contribution in [3.63, 3.8) is 0 Å². The molecule has 8 aromatic carbocycles. The zero-order valence-corrected chi connectivity index (χ0v) is 30.4. The lowest BCUT2D eigenvalue weighted by Crippen LogP contribution is -2.74. The van der Waals surface area contributed by atoms with Gasteiger partial charge in [-0.3, -0.25) is 4.57 Å². The molecule has 0 atom stereocenters. The molecule has 4 nitrogen and oxygen atoms in total. The van der Waals surface area contributed by atoms with Crippen molar-refractivity contribution < 1.29 is 0 Å². The second-order valence-electron chi connectivity index (χ2n) is 13.6. The van der Waals surface area contributed by atoms with Crippen molar-refractivity contribution in [2.75, 3.05) is 0 Å². The standard InChI is InChI=1S/C49H34N4Si/c1-5-18-35(19-6-1)47-50-48(52-49(51-47)53-45-31-16-15-30-43(45)44-33-36-20-13-14-21-37(36)34-46(44)53)38-22-17-29-42(32-38)54(39-23-7-2-8-24-39,40-25-9-3-10-26-40)41-27-11-4-12-28-41/h1-34H. The van der Waals surface area contributed by atoms with Gasteiger partial charge in [0.05, 0.1) is 11.0 Å². The van der Waals surface area contributed by atoms with E-state index in [9.17, 15) is 0 Å². The Labute approximate surface area is 314 Å². The monoisotopic (exact) mass is 706 g/mol. The van der Waals surface area contributed by atoms with E-state index in [0.717, 1.165) is 27.5 Å². The molecule has 0 amide bonds. The molecule has 2 heterocycles. The Hall–Kier alpha value is -6.95. The minimum Gasteiger partial charge on any atom is -0.278 e. The van der Waals surface area contributed by atoms with E-state index in [1.807, 2.05) is 18.2 Å². The van der Waals surface area contributed by atoms with Crippen LogP contribution in [0.5, 0.6) is 0 Å². The molecule has 0 radical (unpaired) electrons. The predicted octanol–water partition coefficient (Wildman–Crippen LogP) is 8.83. The number of fused-ring (bicyclic) bond motifs is 4. The third-order valence-electron chi connectivity index (χ3n) is 10.6. The van der Waals surface area contributed by atoms with E-state index in [1.165, 1.54) is 36.9 Å². The van der Waals surface area contributed by atoms with Crippen LogP contribution in [0.4, 0.5) is 0 Å². The molecule has 0 aliphatic carbocycles. The van der Waals surface area contributed by atoms with E-state index in [0.29, 0.717) is 17.6 Å². The summed E-state index contributed by atoms with van der Waals surface area (Å²) >= 11 is 0. The van der Waals surface area contributed by atoms with Crippen LogP contribution >= 0.6 is 0 Å². The van der Waals surface area contributed by atoms with Crippen LogP contribution in [0.25, 0.3) is 61.3 Å². The molecule has 0 fully saturated rings. The molecule has 0 saturated heterocycles. The van der Waals surface area contributed by atoms with Gasteiger partial charge in [-0.2, -0.15) is 9.97 Å². The van der Waals surface area contributed by atoms with Crippen molar-refractivity contribution in [3.05, 3.63) is 206 Å². The molecule has 0 aliphatic rings. The lowest BCUT2D eigenvalue weighted by atomic mass is 10.1. The van der Waals surface area contributed by atoms with Gasteiger partial charge in [0.15, 0.2) is 19.7 Å². The summed E-state index contributed by atoms with van der Waals surface area (Å²) < 4.78 is 2.20. The van der Waals surface area contributed by atoms with Crippen LogP contribution in [-0.2, 0) is 0 Å². The normalized spacial score (nSPS) is 11.7. The molecule has 0 aliphatic heterocycles. The molecule has 0 N–H and O–H groups in total. The summed E-state index contributed by atoms with van der Waals surface area (Å²) in [6, 6.07) is 73.7. The molecule has 0 bridgehead atoms. The van der Waals surface area contributed by atoms with Gasteiger partial charge in [0.25, 0.3) is 0 Å². The summed E-state index contributed by atoms with van der Waals surface area (Å²) in [6.45, 7) is 0. The Balaban J connectivity index is 1.25. The van der Waals surface area contributed by atoms with Crippen LogP contribution in [-0.4, -0.2) is 27.6 Å². The zero-order chi connectivity index (χ0) is 35.9. The Morgan fingerprint density at radius 2 is 0.815 bits per heavy atom. The zero-order valence-electron chi connectivity index (χ0n) is 29.4. The molecule has 10 rings (SSSR count). The Morgan fingerprint density at radius 3 is 1.44 bits per heavy atom. The molecule has 0 spiro atoms. The molecular formula is C49H34N4Si. The summed E-state index contributed by atoms with van der Waals surface area (Å²) in [6.07, 6.45) is 0. The highest BCUT2D eigenvalue weighted by molar-refractivity contribution is 7.19. The molecule has 10 aromatic rings. The first kappa shape index (κ1) is 31.8. The Morgan fingerprint density at radius 1 is 0.333 bits per heavy atom. The largest absolute Gasteiger partial charge is 0.278 e. The lowest BCUT2D eigenvalue weighted by Gasteiger charge is -2.34. The number of benzene rings is 8. The van der Waals surface area contributed by atoms with Crippen LogP contribution in [0.1, 0.15) is 0 Å². The molecular weight excluding hydrogens is 673 g/mol. The quantitative estimate of drug-likeness (QED) is 0.123. The van der Waals surface area contributed by atoms with Gasteiger partial charge in [-0.1, -0.05) is 188 Å². The SMILES string of the molecule is c1ccc(-c2nc(-c3cccc([Si](c4ccccc4)(c4ccccc4)c4ccccc4)c3)nc(-n3c4ccccc4c4cc5ccccc5cc43)n2)cc1. The third-order valence-corrected chi connectivity index (χ3v) is 15.3. The van der Waals surface area contributed by atoms with Crippen LogP contribution in [0.3, 0.4) is 0 Å². The van der Waals surface area contributed by atoms with E-state index in [4.69, 9.17) is 15.0 Å². The lowest BCUT2D eigenvalue weighted by molar-refractivity contribution is 0.954. The maximum absolute atomic E-state index is 5.35. The molecule has 254 valence electrons. The van der Waals surface area contributed by atoms with E-state index in [-0.39, 0.29) is 0 Å². The Bertz CT molecular complexity index is 2830. The van der Waals surface area contributed by atoms with E-state index in [1.54, 1.807) is 0 Å². The highest BCUT2D eigenvalue weighted by Gasteiger charge is 2.41. The van der Waals surface area contributed by atoms with E-state index >= 15 is 0 Å². The van der Waals surface area contributed by atoms with Gasteiger partial charge in [0, 0.05) is 21.9 Å². The number of para-hydroxylation sites is 1. The number of nitrogens with zero attached hydrogens (tertiary/aromatic N) is 4. The fourth-order valence-electron chi connectivity index (χ4n) is 8.14. The molecule has 0 unspecified atom stereocenters. The average Bonchev–Trinajstić information content (AvgIpc) is 3.57. The van der Waals surface area contributed by atoms with Crippen LogP contribution in [0.15, 0.2) is 206 Å². The molecule has 54 heavy (non-hydrogen) atoms. The van der Waals surface area contributed by atoms with Gasteiger partial charge < -0.3 is 0 Å². The summed E-state index contributed by atoms with van der Waals surface area (Å²) in [5, 5.41) is 9.91. The number of hydrogen-bond acceptors (Lipinski definition) is 3. The van der Waals surface area contributed by atoms with Crippen LogP contribution < -0.4 is 20.7 Å². The van der Waals surface area contributed by atoms with Crippen molar-refractivity contribution >= 4 is 61.4 Å². The van der Waals surface area contributed by atoms with Crippen LogP contribution in [0.2, 0.25) is 0 Å². The second kappa shape index (κ2) is 13.2. The van der Waals surface area contributed by atoms with E-state index < -0.39 is 8.07 Å². The maximum Gasteiger partial charge on any atom is 0.238 e. The van der Waals surface area contributed by atoms with Crippen molar-refractivity contribution in [2.45, 2.75) is 0 Å². The minimum absolute atomic E-state index is 0.587. The number of aromatic nitrogens is 4. The fourth-order valence-corrected chi connectivity index (χ4v) is 12.9. The van der Waals surface area contributed by atoms with Crippen molar-refractivity contribution in [2.24, 2.45) is 0 Å². The molecule has 0 saturated carbocycles. The van der Waals surface area contributed by atoms with E-state index in [2.05, 4.69) is 193 Å². The van der Waals surface area contributed by atoms with Gasteiger partial charge in [0.1, 0.15) is 0 Å². The van der Waals surface area contributed by atoms with Crippen LogP contribution in [0, 0.1) is 0 Å². The fraction of sp³-hybridized carbons (Fsp3) is 0. The van der Waals surface area contributed by atoms with Gasteiger partial charge in [-0.15, -0.1) is 0 Å². The summed E-state index contributed by atoms with van der Waals surface area (Å²) in [7, 11) is -2.78. The van der Waals surface area contributed by atoms with Gasteiger partial charge >= 0.3 is 0 Å². The summed E-state index contributed by atoms with van der Waals surface area (Å²) in [5.74, 6) is 1.85. The predicted molar refractivity (Wildman–Crippen MR) is 226 cm³/mol. The smallest absolute Gasteiger partial charge is 0.238 e. The first-order valence-corrected chi connectivity index (χ1v) is 20.3.